The van der Waals surface area contributed by atoms with Crippen molar-refractivity contribution in [2.24, 2.45) is 11.8 Å². The lowest BCUT2D eigenvalue weighted by Crippen LogP contribution is -2.53. The number of hydrogen-bond donors (Lipinski definition) is 2. The lowest BCUT2D eigenvalue weighted by atomic mass is 9.87. The first-order valence-corrected chi connectivity index (χ1v) is 6.74. The quantitative estimate of drug-likeness (QED) is 0.847. The summed E-state index contributed by atoms with van der Waals surface area (Å²) in [4.78, 5) is 24.6. The van der Waals surface area contributed by atoms with Crippen molar-refractivity contribution in [3.63, 3.8) is 0 Å². The van der Waals surface area contributed by atoms with Crippen molar-refractivity contribution in [3.8, 4) is 6.07 Å². The predicted molar refractivity (Wildman–Crippen MR) is 76.5 cm³/mol. The van der Waals surface area contributed by atoms with Gasteiger partial charge in [0.15, 0.2) is 0 Å². The Morgan fingerprint density at radius 1 is 1.43 bits per heavy atom. The van der Waals surface area contributed by atoms with Crippen molar-refractivity contribution in [1.82, 2.24) is 4.90 Å². The topological polar surface area (TPSA) is 93.4 Å². The Morgan fingerprint density at radius 3 is 2.57 bits per heavy atom. The molecule has 6 heteroatoms. The van der Waals surface area contributed by atoms with E-state index in [9.17, 15) is 9.59 Å². The highest BCUT2D eigenvalue weighted by molar-refractivity contribution is 5.92. The number of likely N-dealkylation sites (tertiary alicyclic amines) is 1. The minimum absolute atomic E-state index is 0.116. The van der Waals surface area contributed by atoms with Gasteiger partial charge in [0.1, 0.15) is 0 Å². The number of carbonyl (C=O) groups is 2. The van der Waals surface area contributed by atoms with Gasteiger partial charge >= 0.3 is 5.97 Å². The molecule has 0 radical (unpaired) electrons. The maximum Gasteiger partial charge on any atom is 0.306 e. The van der Waals surface area contributed by atoms with Crippen LogP contribution in [0.5, 0.6) is 0 Å². The van der Waals surface area contributed by atoms with Crippen molar-refractivity contribution >= 4 is 17.6 Å². The van der Waals surface area contributed by atoms with E-state index in [2.05, 4.69) is 5.32 Å². The van der Waals surface area contributed by atoms with Gasteiger partial charge in [0, 0.05) is 18.8 Å². The van der Waals surface area contributed by atoms with E-state index < -0.39 is 5.97 Å². The summed E-state index contributed by atoms with van der Waals surface area (Å²) in [6.07, 6.45) is 0. The van der Waals surface area contributed by atoms with Crippen LogP contribution in [0.25, 0.3) is 0 Å². The molecule has 1 aliphatic rings. The molecule has 0 bridgehead atoms. The standard InChI is InChI=1S/C15H17N3O3/c1-10(15(20)21)12-7-18(8-12)9-14(19)17-13-4-2-11(6-16)3-5-13/h2-5,10,12H,7-9H2,1H3,(H,17,19)(H,20,21). The minimum atomic E-state index is -0.790. The molecule has 1 saturated heterocycles. The summed E-state index contributed by atoms with van der Waals surface area (Å²) in [5.74, 6) is -1.18. The number of carboxylic acid groups (broad SMARTS) is 1. The number of carbonyl (C=O) groups excluding carboxylic acids is 1. The number of amides is 1. The van der Waals surface area contributed by atoms with Gasteiger partial charge in [-0.05, 0) is 30.2 Å². The fraction of sp³-hybridized carbons (Fsp3) is 0.400. The number of anilines is 1. The summed E-state index contributed by atoms with van der Waals surface area (Å²) < 4.78 is 0. The molecule has 1 aromatic carbocycles. The Balaban J connectivity index is 1.76. The van der Waals surface area contributed by atoms with E-state index in [0.29, 0.717) is 24.3 Å². The average Bonchev–Trinajstić information content (AvgIpc) is 2.42. The third-order valence-corrected chi connectivity index (χ3v) is 3.75. The third-order valence-electron chi connectivity index (χ3n) is 3.75. The molecule has 21 heavy (non-hydrogen) atoms. The Hall–Kier alpha value is -2.39. The second-order valence-electron chi connectivity index (χ2n) is 5.32. The first-order chi connectivity index (χ1) is 9.99. The van der Waals surface area contributed by atoms with Crippen molar-refractivity contribution in [1.29, 1.82) is 5.26 Å². The average molecular weight is 287 g/mol. The lowest BCUT2D eigenvalue weighted by Gasteiger charge is -2.40. The Kier molecular flexibility index (Phi) is 4.55. The van der Waals surface area contributed by atoms with Gasteiger partial charge in [0.25, 0.3) is 0 Å². The third kappa shape index (κ3) is 3.80. The number of nitrogens with one attached hydrogen (secondary N) is 1. The molecule has 1 aromatic rings. The van der Waals surface area contributed by atoms with Gasteiger partial charge in [-0.15, -0.1) is 0 Å². The van der Waals surface area contributed by atoms with Crippen LogP contribution in [0, 0.1) is 23.2 Å². The molecule has 1 fully saturated rings. The molecule has 0 aliphatic carbocycles. The van der Waals surface area contributed by atoms with Gasteiger partial charge in [-0.2, -0.15) is 5.26 Å². The van der Waals surface area contributed by atoms with Crippen molar-refractivity contribution in [2.75, 3.05) is 25.0 Å². The molecular weight excluding hydrogens is 270 g/mol. The maximum absolute atomic E-state index is 11.8. The zero-order valence-electron chi connectivity index (χ0n) is 11.7. The highest BCUT2D eigenvalue weighted by Gasteiger charge is 2.35. The second-order valence-corrected chi connectivity index (χ2v) is 5.32. The SMILES string of the molecule is CC(C(=O)O)C1CN(CC(=O)Nc2ccc(C#N)cc2)C1. The van der Waals surface area contributed by atoms with E-state index >= 15 is 0 Å². The lowest BCUT2D eigenvalue weighted by molar-refractivity contribution is -0.145. The van der Waals surface area contributed by atoms with Gasteiger partial charge in [-0.3, -0.25) is 14.5 Å². The van der Waals surface area contributed by atoms with E-state index in [1.165, 1.54) is 0 Å². The number of carboxylic acids is 1. The maximum atomic E-state index is 11.8. The summed E-state index contributed by atoms with van der Waals surface area (Å²) in [5, 5.41) is 20.3. The number of benzene rings is 1. The second kappa shape index (κ2) is 6.37. The first-order valence-electron chi connectivity index (χ1n) is 6.74. The van der Waals surface area contributed by atoms with Crippen LogP contribution in [0.3, 0.4) is 0 Å². The van der Waals surface area contributed by atoms with Gasteiger partial charge in [0.05, 0.1) is 24.1 Å². The van der Waals surface area contributed by atoms with Crippen LogP contribution in [-0.2, 0) is 9.59 Å². The molecule has 2 N–H and O–H groups in total. The zero-order valence-corrected chi connectivity index (χ0v) is 11.7. The molecule has 1 heterocycles. The van der Waals surface area contributed by atoms with Crippen LogP contribution < -0.4 is 5.32 Å². The summed E-state index contributed by atoms with van der Waals surface area (Å²) in [7, 11) is 0. The molecule has 0 saturated carbocycles. The van der Waals surface area contributed by atoms with Gasteiger partial charge in [-0.1, -0.05) is 6.92 Å². The predicted octanol–water partition coefficient (Wildman–Crippen LogP) is 1.15. The highest BCUT2D eigenvalue weighted by Crippen LogP contribution is 2.23. The minimum Gasteiger partial charge on any atom is -0.481 e. The first kappa shape index (κ1) is 15.0. The largest absolute Gasteiger partial charge is 0.481 e. The summed E-state index contributed by atoms with van der Waals surface area (Å²) >= 11 is 0. The zero-order chi connectivity index (χ0) is 15.4. The van der Waals surface area contributed by atoms with Crippen LogP contribution in [0.15, 0.2) is 24.3 Å². The number of aliphatic carboxylic acids is 1. The molecular formula is C15H17N3O3. The Morgan fingerprint density at radius 2 is 2.05 bits per heavy atom. The monoisotopic (exact) mass is 287 g/mol. The number of nitrogens with zero attached hydrogens (tertiary/aromatic N) is 2. The molecule has 0 aromatic heterocycles. The summed E-state index contributed by atoms with van der Waals surface area (Å²) in [6, 6.07) is 8.66. The van der Waals surface area contributed by atoms with Crippen LogP contribution >= 0.6 is 0 Å². The highest BCUT2D eigenvalue weighted by atomic mass is 16.4. The Labute approximate surface area is 123 Å². The number of hydrogen-bond acceptors (Lipinski definition) is 4. The van der Waals surface area contributed by atoms with E-state index in [-0.39, 0.29) is 24.3 Å². The molecule has 110 valence electrons. The molecule has 0 spiro atoms. The number of nitriles is 1. The summed E-state index contributed by atoms with van der Waals surface area (Å²) in [6.45, 7) is 3.21. The fourth-order valence-electron chi connectivity index (χ4n) is 2.29. The number of rotatable bonds is 5. The molecule has 2 rings (SSSR count). The molecule has 6 nitrogen and oxygen atoms in total. The van der Waals surface area contributed by atoms with Crippen molar-refractivity contribution < 1.29 is 14.7 Å². The normalized spacial score (nSPS) is 16.6. The molecule has 1 aliphatic heterocycles. The van der Waals surface area contributed by atoms with Crippen LogP contribution in [-0.4, -0.2) is 41.5 Å². The smallest absolute Gasteiger partial charge is 0.306 e. The van der Waals surface area contributed by atoms with E-state index in [4.69, 9.17) is 10.4 Å². The van der Waals surface area contributed by atoms with Crippen LogP contribution in [0.2, 0.25) is 0 Å². The Bertz CT molecular complexity index is 571. The van der Waals surface area contributed by atoms with Crippen LogP contribution in [0.1, 0.15) is 12.5 Å². The fourth-order valence-corrected chi connectivity index (χ4v) is 2.29. The van der Waals surface area contributed by atoms with Gasteiger partial charge in [-0.25, -0.2) is 0 Å². The molecule has 1 amide bonds. The van der Waals surface area contributed by atoms with E-state index in [1.54, 1.807) is 31.2 Å². The van der Waals surface area contributed by atoms with E-state index in [0.717, 1.165) is 0 Å². The molecule has 1 unspecified atom stereocenters. The van der Waals surface area contributed by atoms with Gasteiger partial charge < -0.3 is 10.4 Å². The van der Waals surface area contributed by atoms with E-state index in [1.807, 2.05) is 11.0 Å². The summed E-state index contributed by atoms with van der Waals surface area (Å²) in [5.41, 5.74) is 1.19. The van der Waals surface area contributed by atoms with Crippen LogP contribution in [0.4, 0.5) is 5.69 Å². The van der Waals surface area contributed by atoms with Crippen molar-refractivity contribution in [3.05, 3.63) is 29.8 Å². The van der Waals surface area contributed by atoms with Crippen molar-refractivity contribution in [2.45, 2.75) is 6.92 Å². The van der Waals surface area contributed by atoms with Gasteiger partial charge in [0.2, 0.25) is 5.91 Å². The molecule has 1 atom stereocenters.